The van der Waals surface area contributed by atoms with Crippen molar-refractivity contribution in [3.8, 4) is 0 Å². The molecule has 0 amide bonds. The molecule has 0 saturated carbocycles. The van der Waals surface area contributed by atoms with Crippen LogP contribution >= 0.6 is 15.9 Å². The van der Waals surface area contributed by atoms with Crippen molar-refractivity contribution in [2.75, 3.05) is 10.5 Å². The normalized spacial score (nSPS) is 12.1. The van der Waals surface area contributed by atoms with E-state index in [1.807, 2.05) is 0 Å². The molecule has 10 heteroatoms. The van der Waals surface area contributed by atoms with Crippen molar-refractivity contribution in [3.63, 3.8) is 0 Å². The number of hydrogen-bond donors (Lipinski definition) is 2. The van der Waals surface area contributed by atoms with Crippen molar-refractivity contribution in [2.24, 2.45) is 5.14 Å². The smallest absolute Gasteiger partial charge is 0.240 e. The molecule has 0 aliphatic heterocycles. The van der Waals surface area contributed by atoms with Crippen molar-refractivity contribution in [1.29, 1.82) is 0 Å². The molecule has 0 unspecified atom stereocenters. The molecule has 23 heavy (non-hydrogen) atoms. The van der Waals surface area contributed by atoms with Gasteiger partial charge in [0.1, 0.15) is 9.50 Å². The second-order valence-corrected chi connectivity index (χ2v) is 8.89. The molecule has 3 N–H and O–H groups in total. The minimum Gasteiger partial charge on any atom is -0.282 e. The first kappa shape index (κ1) is 17.9. The first-order valence-electron chi connectivity index (χ1n) is 6.40. The van der Waals surface area contributed by atoms with Crippen molar-refractivity contribution < 1.29 is 16.8 Å². The van der Waals surface area contributed by atoms with Crippen LogP contribution in [0.25, 0.3) is 0 Å². The summed E-state index contributed by atoms with van der Waals surface area (Å²) >= 11 is 3.20. The standard InChI is InChI=1S/C13H14BrN3O4S2/c14-13-6-5-10(9-16-13)7-8-22(18,19)17-11-3-1-2-4-12(11)23(15,20)21/h1-6,9,17H,7-8H2,(H2,15,20,21). The van der Waals surface area contributed by atoms with Crippen molar-refractivity contribution in [3.05, 3.63) is 52.8 Å². The lowest BCUT2D eigenvalue weighted by atomic mass is 10.2. The topological polar surface area (TPSA) is 119 Å². The lowest BCUT2D eigenvalue weighted by molar-refractivity contribution is 0.598. The second-order valence-electron chi connectivity index (χ2n) is 4.70. The van der Waals surface area contributed by atoms with E-state index in [1.54, 1.807) is 18.3 Å². The number of nitrogens with two attached hydrogens (primary N) is 1. The first-order chi connectivity index (χ1) is 10.7. The SMILES string of the molecule is NS(=O)(=O)c1ccccc1NS(=O)(=O)CCc1ccc(Br)nc1. The molecule has 124 valence electrons. The number of pyridine rings is 1. The van der Waals surface area contributed by atoms with E-state index >= 15 is 0 Å². The molecule has 0 bridgehead atoms. The Kier molecular flexibility index (Phi) is 5.40. The average Bonchev–Trinajstić information content (AvgIpc) is 2.46. The monoisotopic (exact) mass is 419 g/mol. The lowest BCUT2D eigenvalue weighted by Gasteiger charge is -2.11. The highest BCUT2D eigenvalue weighted by molar-refractivity contribution is 9.10. The van der Waals surface area contributed by atoms with Crippen LogP contribution in [0, 0.1) is 0 Å². The van der Waals surface area contributed by atoms with Gasteiger partial charge in [0.2, 0.25) is 20.0 Å². The number of halogens is 1. The van der Waals surface area contributed by atoms with Crippen LogP contribution in [0.1, 0.15) is 5.56 Å². The van der Waals surface area contributed by atoms with E-state index in [0.29, 0.717) is 4.60 Å². The van der Waals surface area contributed by atoms with Crippen LogP contribution in [-0.2, 0) is 26.5 Å². The largest absolute Gasteiger partial charge is 0.282 e. The van der Waals surface area contributed by atoms with E-state index < -0.39 is 20.0 Å². The van der Waals surface area contributed by atoms with Crippen LogP contribution in [0.3, 0.4) is 0 Å². The van der Waals surface area contributed by atoms with Gasteiger partial charge < -0.3 is 0 Å². The first-order valence-corrected chi connectivity index (χ1v) is 10.4. The molecule has 1 heterocycles. The molecule has 2 aromatic rings. The Hall–Kier alpha value is -1.49. The van der Waals surface area contributed by atoms with Gasteiger partial charge in [-0.1, -0.05) is 18.2 Å². The molecule has 0 fully saturated rings. The fraction of sp³-hybridized carbons (Fsp3) is 0.154. The summed E-state index contributed by atoms with van der Waals surface area (Å²) in [6, 6.07) is 9.04. The highest BCUT2D eigenvalue weighted by Crippen LogP contribution is 2.20. The number of rotatable bonds is 6. The maximum Gasteiger partial charge on any atom is 0.240 e. The number of hydrogen-bond acceptors (Lipinski definition) is 5. The molecule has 0 atom stereocenters. The summed E-state index contributed by atoms with van der Waals surface area (Å²) in [6.45, 7) is 0. The second kappa shape index (κ2) is 6.95. The number of anilines is 1. The number of nitrogens with one attached hydrogen (secondary N) is 1. The van der Waals surface area contributed by atoms with E-state index in [2.05, 4.69) is 25.6 Å². The summed E-state index contributed by atoms with van der Waals surface area (Å²) in [6.07, 6.45) is 1.81. The Morgan fingerprint density at radius 1 is 1.09 bits per heavy atom. The number of benzene rings is 1. The fourth-order valence-corrected chi connectivity index (χ4v) is 3.94. The average molecular weight is 420 g/mol. The number of para-hydroxylation sites is 1. The van der Waals surface area contributed by atoms with Gasteiger partial charge in [-0.15, -0.1) is 0 Å². The quantitative estimate of drug-likeness (QED) is 0.686. The third-order valence-corrected chi connectivity index (χ3v) is 5.62. The van der Waals surface area contributed by atoms with Gasteiger partial charge in [0.05, 0.1) is 11.4 Å². The van der Waals surface area contributed by atoms with Gasteiger partial charge in [0.25, 0.3) is 0 Å². The molecule has 1 aromatic heterocycles. The van der Waals surface area contributed by atoms with E-state index in [-0.39, 0.29) is 22.8 Å². The highest BCUT2D eigenvalue weighted by Gasteiger charge is 2.18. The Morgan fingerprint density at radius 2 is 1.78 bits per heavy atom. The number of aromatic nitrogens is 1. The summed E-state index contributed by atoms with van der Waals surface area (Å²) in [5.41, 5.74) is 0.683. The van der Waals surface area contributed by atoms with Crippen molar-refractivity contribution in [1.82, 2.24) is 4.98 Å². The van der Waals surface area contributed by atoms with Gasteiger partial charge in [0.15, 0.2) is 0 Å². The Morgan fingerprint density at radius 3 is 2.39 bits per heavy atom. The van der Waals surface area contributed by atoms with Gasteiger partial charge in [0, 0.05) is 6.20 Å². The summed E-state index contributed by atoms with van der Waals surface area (Å²) < 4.78 is 50.2. The van der Waals surface area contributed by atoms with Crippen LogP contribution in [0.15, 0.2) is 52.1 Å². The molecule has 0 aliphatic carbocycles. The zero-order valence-corrected chi connectivity index (χ0v) is 15.0. The lowest BCUT2D eigenvalue weighted by Crippen LogP contribution is -2.21. The number of aryl methyl sites for hydroxylation is 1. The molecule has 7 nitrogen and oxygen atoms in total. The molecule has 0 aliphatic rings. The van der Waals surface area contributed by atoms with E-state index in [1.165, 1.54) is 24.3 Å². The van der Waals surface area contributed by atoms with Crippen LogP contribution in [0.2, 0.25) is 0 Å². The van der Waals surface area contributed by atoms with E-state index in [4.69, 9.17) is 5.14 Å². The summed E-state index contributed by atoms with van der Waals surface area (Å²) in [7, 11) is -7.76. The molecule has 0 spiro atoms. The van der Waals surface area contributed by atoms with Crippen LogP contribution in [0.4, 0.5) is 5.69 Å². The molecule has 0 saturated heterocycles. The molecular weight excluding hydrogens is 406 g/mol. The summed E-state index contributed by atoms with van der Waals surface area (Å²) in [5.74, 6) is -0.213. The van der Waals surface area contributed by atoms with Gasteiger partial charge >= 0.3 is 0 Å². The maximum absolute atomic E-state index is 12.1. The Balaban J connectivity index is 2.14. The highest BCUT2D eigenvalue weighted by atomic mass is 79.9. The maximum atomic E-state index is 12.1. The summed E-state index contributed by atoms with van der Waals surface area (Å²) in [4.78, 5) is 3.75. The number of nitrogens with zero attached hydrogens (tertiary/aromatic N) is 1. The Labute approximate surface area is 143 Å². The third kappa shape index (κ3) is 5.27. The van der Waals surface area contributed by atoms with Gasteiger partial charge in [-0.25, -0.2) is 27.0 Å². The van der Waals surface area contributed by atoms with Crippen molar-refractivity contribution >= 4 is 41.7 Å². The third-order valence-electron chi connectivity index (χ3n) is 2.91. The molecular formula is C13H14BrN3O4S2. The molecule has 1 aromatic carbocycles. The zero-order chi connectivity index (χ0) is 17.1. The predicted molar refractivity (Wildman–Crippen MR) is 90.9 cm³/mol. The van der Waals surface area contributed by atoms with Crippen LogP contribution in [-0.4, -0.2) is 27.6 Å². The summed E-state index contributed by atoms with van der Waals surface area (Å²) in [5, 5.41) is 5.08. The fourth-order valence-electron chi connectivity index (χ4n) is 1.82. The number of primary sulfonamides is 1. The molecule has 2 rings (SSSR count). The molecule has 0 radical (unpaired) electrons. The van der Waals surface area contributed by atoms with E-state index in [0.717, 1.165) is 5.56 Å². The Bertz CT molecular complexity index is 897. The van der Waals surface area contributed by atoms with Crippen molar-refractivity contribution in [2.45, 2.75) is 11.3 Å². The zero-order valence-electron chi connectivity index (χ0n) is 11.8. The minimum atomic E-state index is -4.02. The van der Waals surface area contributed by atoms with Crippen LogP contribution in [0.5, 0.6) is 0 Å². The predicted octanol–water partition coefficient (Wildman–Crippen LogP) is 1.48. The minimum absolute atomic E-state index is 0.0658. The van der Waals surface area contributed by atoms with Gasteiger partial charge in [-0.3, -0.25) is 4.72 Å². The van der Waals surface area contributed by atoms with Crippen LogP contribution < -0.4 is 9.86 Å². The van der Waals surface area contributed by atoms with E-state index in [9.17, 15) is 16.8 Å². The number of sulfonamides is 2. The van der Waals surface area contributed by atoms with Gasteiger partial charge in [-0.05, 0) is 46.1 Å². The van der Waals surface area contributed by atoms with Gasteiger partial charge in [-0.2, -0.15) is 0 Å².